The second-order valence-electron chi connectivity index (χ2n) is 5.75. The van der Waals surface area contributed by atoms with Crippen molar-refractivity contribution in [2.24, 2.45) is 5.92 Å². The molecule has 1 aromatic carbocycles. The number of hydrogen-bond acceptors (Lipinski definition) is 4. The summed E-state index contributed by atoms with van der Waals surface area (Å²) in [7, 11) is 0. The Balaban J connectivity index is 1.79. The minimum Gasteiger partial charge on any atom is -0.489 e. The van der Waals surface area contributed by atoms with Gasteiger partial charge in [0.05, 0.1) is 5.56 Å². The number of benzene rings is 1. The van der Waals surface area contributed by atoms with Crippen LogP contribution in [0.25, 0.3) is 0 Å². The van der Waals surface area contributed by atoms with Crippen molar-refractivity contribution in [2.45, 2.75) is 32.3 Å². The summed E-state index contributed by atoms with van der Waals surface area (Å²) in [5, 5.41) is 19.1. The topological polar surface area (TPSA) is 56.5 Å². The van der Waals surface area contributed by atoms with E-state index >= 15 is 0 Å². The maximum atomic E-state index is 10.1. The van der Waals surface area contributed by atoms with E-state index in [1.165, 1.54) is 19.3 Å². The van der Waals surface area contributed by atoms with Crippen molar-refractivity contribution < 1.29 is 9.84 Å². The largest absolute Gasteiger partial charge is 0.489 e. The summed E-state index contributed by atoms with van der Waals surface area (Å²) in [6.07, 6.45) is 3.20. The number of ether oxygens (including phenoxy) is 1. The molecule has 0 aromatic heterocycles. The van der Waals surface area contributed by atoms with Gasteiger partial charge in [0, 0.05) is 13.1 Å². The van der Waals surface area contributed by atoms with E-state index < -0.39 is 6.10 Å². The Labute approximate surface area is 127 Å². The predicted octanol–water partition coefficient (Wildman–Crippen LogP) is 2.42. The van der Waals surface area contributed by atoms with E-state index in [0.717, 1.165) is 19.0 Å². The summed E-state index contributed by atoms with van der Waals surface area (Å²) in [4.78, 5) is 2.32. The first-order valence-electron chi connectivity index (χ1n) is 7.75. The number of nitriles is 1. The second-order valence-corrected chi connectivity index (χ2v) is 5.75. The van der Waals surface area contributed by atoms with Crippen LogP contribution < -0.4 is 4.74 Å². The van der Waals surface area contributed by atoms with Crippen molar-refractivity contribution in [2.75, 3.05) is 26.2 Å². The number of β-amino-alcohol motifs (C(OH)–C–C–N with tert-alkyl or cyclic N) is 1. The molecule has 4 heteroatoms. The Bertz CT molecular complexity index is 484. The number of aliphatic hydroxyl groups excluding tert-OH is 1. The summed E-state index contributed by atoms with van der Waals surface area (Å²) in [6.45, 7) is 5.23. The van der Waals surface area contributed by atoms with Crippen LogP contribution in [0.3, 0.4) is 0 Å². The molecule has 0 amide bonds. The molecule has 0 aliphatic carbocycles. The fraction of sp³-hybridized carbons (Fsp3) is 0.588. The molecule has 0 saturated carbocycles. The molecule has 1 aromatic rings. The minimum atomic E-state index is -0.521. The molecule has 2 rings (SSSR count). The molecule has 4 nitrogen and oxygen atoms in total. The van der Waals surface area contributed by atoms with E-state index in [4.69, 9.17) is 10.00 Å². The lowest BCUT2D eigenvalue weighted by Crippen LogP contribution is -2.41. The summed E-state index contributed by atoms with van der Waals surface area (Å²) in [6, 6.07) is 9.22. The second kappa shape index (κ2) is 8.02. The van der Waals surface area contributed by atoms with Crippen LogP contribution in [0.5, 0.6) is 5.75 Å². The highest BCUT2D eigenvalue weighted by molar-refractivity contribution is 5.42. The zero-order valence-electron chi connectivity index (χ0n) is 12.7. The number of aliphatic hydroxyl groups is 1. The summed E-state index contributed by atoms with van der Waals surface area (Å²) in [5.41, 5.74) is 0.508. The molecule has 2 atom stereocenters. The molecule has 1 aliphatic heterocycles. The third-order valence-electron chi connectivity index (χ3n) is 4.09. The molecule has 114 valence electrons. The third kappa shape index (κ3) is 4.73. The summed E-state index contributed by atoms with van der Waals surface area (Å²) in [5.74, 6) is 1.30. The SMILES string of the molecule is CCC1CCCN(CC(O)COc2ccccc2C#N)C1. The molecule has 1 saturated heterocycles. The highest BCUT2D eigenvalue weighted by Crippen LogP contribution is 2.20. The lowest BCUT2D eigenvalue weighted by molar-refractivity contribution is 0.0514. The summed E-state index contributed by atoms with van der Waals surface area (Å²) < 4.78 is 5.59. The van der Waals surface area contributed by atoms with E-state index in [2.05, 4.69) is 17.9 Å². The van der Waals surface area contributed by atoms with E-state index in [9.17, 15) is 5.11 Å². The van der Waals surface area contributed by atoms with Crippen molar-refractivity contribution in [3.8, 4) is 11.8 Å². The van der Waals surface area contributed by atoms with Gasteiger partial charge in [-0.25, -0.2) is 0 Å². The van der Waals surface area contributed by atoms with Gasteiger partial charge in [-0.2, -0.15) is 5.26 Å². The monoisotopic (exact) mass is 288 g/mol. The van der Waals surface area contributed by atoms with Gasteiger partial charge < -0.3 is 14.7 Å². The fourth-order valence-corrected chi connectivity index (χ4v) is 2.87. The number of rotatable bonds is 6. The summed E-state index contributed by atoms with van der Waals surface area (Å²) >= 11 is 0. The number of para-hydroxylation sites is 1. The van der Waals surface area contributed by atoms with Crippen molar-refractivity contribution in [3.63, 3.8) is 0 Å². The number of piperidine rings is 1. The van der Waals surface area contributed by atoms with E-state index in [-0.39, 0.29) is 6.61 Å². The average Bonchev–Trinajstić information content (AvgIpc) is 2.53. The Hall–Kier alpha value is -1.57. The molecule has 1 aliphatic rings. The van der Waals surface area contributed by atoms with Gasteiger partial charge in [0.1, 0.15) is 24.5 Å². The smallest absolute Gasteiger partial charge is 0.137 e. The molecule has 0 bridgehead atoms. The van der Waals surface area contributed by atoms with Gasteiger partial charge in [-0.05, 0) is 37.4 Å². The first-order valence-corrected chi connectivity index (χ1v) is 7.75. The van der Waals surface area contributed by atoms with Crippen LogP contribution in [0.4, 0.5) is 0 Å². The van der Waals surface area contributed by atoms with Gasteiger partial charge in [-0.3, -0.25) is 0 Å². The van der Waals surface area contributed by atoms with Crippen LogP contribution in [0, 0.1) is 17.2 Å². The highest BCUT2D eigenvalue weighted by atomic mass is 16.5. The zero-order chi connectivity index (χ0) is 15.1. The molecule has 1 heterocycles. The van der Waals surface area contributed by atoms with Gasteiger partial charge in [0.15, 0.2) is 0 Å². The van der Waals surface area contributed by atoms with Crippen LogP contribution in [-0.2, 0) is 0 Å². The van der Waals surface area contributed by atoms with Gasteiger partial charge in [0.2, 0.25) is 0 Å². The third-order valence-corrected chi connectivity index (χ3v) is 4.09. The fourth-order valence-electron chi connectivity index (χ4n) is 2.87. The van der Waals surface area contributed by atoms with Crippen molar-refractivity contribution >= 4 is 0 Å². The van der Waals surface area contributed by atoms with E-state index in [1.54, 1.807) is 18.2 Å². The standard InChI is InChI=1S/C17H24N2O2/c1-2-14-6-5-9-19(11-14)12-16(20)13-21-17-8-4-3-7-15(17)10-18/h3-4,7-8,14,16,20H,2,5-6,9,11-13H2,1H3. The van der Waals surface area contributed by atoms with Crippen molar-refractivity contribution in [1.82, 2.24) is 4.90 Å². The zero-order valence-corrected chi connectivity index (χ0v) is 12.7. The van der Waals surface area contributed by atoms with Gasteiger partial charge in [-0.15, -0.1) is 0 Å². The Morgan fingerprint density at radius 1 is 1.48 bits per heavy atom. The van der Waals surface area contributed by atoms with Gasteiger partial charge >= 0.3 is 0 Å². The van der Waals surface area contributed by atoms with E-state index in [0.29, 0.717) is 17.9 Å². The molecular formula is C17H24N2O2. The van der Waals surface area contributed by atoms with Gasteiger partial charge in [0.25, 0.3) is 0 Å². The van der Waals surface area contributed by atoms with Crippen molar-refractivity contribution in [3.05, 3.63) is 29.8 Å². The number of likely N-dealkylation sites (tertiary alicyclic amines) is 1. The van der Waals surface area contributed by atoms with E-state index in [1.807, 2.05) is 6.07 Å². The van der Waals surface area contributed by atoms with Gasteiger partial charge in [-0.1, -0.05) is 25.5 Å². The Morgan fingerprint density at radius 3 is 3.05 bits per heavy atom. The van der Waals surface area contributed by atoms with Crippen LogP contribution in [0.15, 0.2) is 24.3 Å². The lowest BCUT2D eigenvalue weighted by atomic mass is 9.95. The van der Waals surface area contributed by atoms with Crippen molar-refractivity contribution in [1.29, 1.82) is 5.26 Å². The molecule has 1 fully saturated rings. The maximum absolute atomic E-state index is 10.1. The normalized spacial score (nSPS) is 20.7. The Kier molecular flexibility index (Phi) is 6.04. The molecule has 0 spiro atoms. The molecule has 2 unspecified atom stereocenters. The highest BCUT2D eigenvalue weighted by Gasteiger charge is 2.20. The minimum absolute atomic E-state index is 0.228. The first-order chi connectivity index (χ1) is 10.2. The van der Waals surface area contributed by atoms with Crippen LogP contribution in [0.1, 0.15) is 31.7 Å². The van der Waals surface area contributed by atoms with Crippen LogP contribution in [0.2, 0.25) is 0 Å². The quantitative estimate of drug-likeness (QED) is 0.873. The molecular weight excluding hydrogens is 264 g/mol. The number of hydrogen-bond donors (Lipinski definition) is 1. The average molecular weight is 288 g/mol. The molecule has 1 N–H and O–H groups in total. The number of nitrogens with zero attached hydrogens (tertiary/aromatic N) is 2. The molecule has 21 heavy (non-hydrogen) atoms. The predicted molar refractivity (Wildman–Crippen MR) is 82.1 cm³/mol. The van der Waals surface area contributed by atoms with Crippen LogP contribution >= 0.6 is 0 Å². The maximum Gasteiger partial charge on any atom is 0.137 e. The molecule has 0 radical (unpaired) electrons. The first kappa shape index (κ1) is 15.8. The van der Waals surface area contributed by atoms with Crippen LogP contribution in [-0.4, -0.2) is 42.4 Å². The lowest BCUT2D eigenvalue weighted by Gasteiger charge is -2.33. The Morgan fingerprint density at radius 2 is 2.29 bits per heavy atom.